The first kappa shape index (κ1) is 12.9. The molecule has 3 nitrogen and oxygen atoms in total. The van der Waals surface area contributed by atoms with E-state index in [1.807, 2.05) is 24.9 Å². The van der Waals surface area contributed by atoms with Gasteiger partial charge >= 0.3 is 0 Å². The summed E-state index contributed by atoms with van der Waals surface area (Å²) in [5.41, 5.74) is 3.43. The van der Waals surface area contributed by atoms with Crippen molar-refractivity contribution in [2.24, 2.45) is 7.05 Å². The number of anilines is 1. The molecule has 0 fully saturated rings. The maximum Gasteiger partial charge on any atom is 0.0643 e. The minimum absolute atomic E-state index is 0.803. The summed E-state index contributed by atoms with van der Waals surface area (Å²) in [7, 11) is 1.94. The van der Waals surface area contributed by atoms with E-state index in [1.54, 1.807) is 0 Å². The lowest BCUT2D eigenvalue weighted by Crippen LogP contribution is -2.00. The first-order valence-corrected chi connectivity index (χ1v) is 7.11. The second-order valence-electron chi connectivity index (χ2n) is 3.90. The van der Waals surface area contributed by atoms with Gasteiger partial charge in [-0.3, -0.25) is 4.68 Å². The number of hydrogen-bond acceptors (Lipinski definition) is 2. The van der Waals surface area contributed by atoms with Gasteiger partial charge in [0.1, 0.15) is 0 Å². The molecule has 0 amide bonds. The third-order valence-electron chi connectivity index (χ3n) is 2.52. The predicted molar refractivity (Wildman–Crippen MR) is 82.1 cm³/mol. The van der Waals surface area contributed by atoms with Gasteiger partial charge in [-0.25, -0.2) is 0 Å². The molecule has 0 bridgehead atoms. The smallest absolute Gasteiger partial charge is 0.0643 e. The Balaban J connectivity index is 2.07. The lowest BCUT2D eigenvalue weighted by molar-refractivity contribution is 0.756. The van der Waals surface area contributed by atoms with E-state index in [4.69, 9.17) is 0 Å². The van der Waals surface area contributed by atoms with E-state index >= 15 is 0 Å². The summed E-state index contributed by atoms with van der Waals surface area (Å²) in [6.07, 6.45) is 2.05. The van der Waals surface area contributed by atoms with Crippen molar-refractivity contribution in [3.63, 3.8) is 0 Å². The van der Waals surface area contributed by atoms with Crippen LogP contribution in [0.2, 0.25) is 0 Å². The summed E-state index contributed by atoms with van der Waals surface area (Å²) in [5, 5.41) is 7.73. The van der Waals surface area contributed by atoms with E-state index in [-0.39, 0.29) is 0 Å². The SMILES string of the molecule is Cc1nn(C)cc1CNc1ccc(Br)c(I)c1. The molecule has 0 radical (unpaired) electrons. The van der Waals surface area contributed by atoms with Crippen LogP contribution in [0.1, 0.15) is 11.3 Å². The number of halogens is 2. The molecular weight excluding hydrogens is 393 g/mol. The molecule has 0 aliphatic heterocycles. The fraction of sp³-hybridized carbons (Fsp3) is 0.250. The predicted octanol–water partition coefficient (Wildman–Crippen LogP) is 3.71. The standard InChI is InChI=1S/C12H13BrIN3/c1-8-9(7-17(2)16-8)6-15-10-3-4-11(13)12(14)5-10/h3-5,7,15H,6H2,1-2H3. The van der Waals surface area contributed by atoms with Crippen LogP contribution in [-0.2, 0) is 13.6 Å². The zero-order valence-corrected chi connectivity index (χ0v) is 13.4. The average Bonchev–Trinajstić information content (AvgIpc) is 2.59. The summed E-state index contributed by atoms with van der Waals surface area (Å²) >= 11 is 5.80. The molecule has 1 aromatic carbocycles. The van der Waals surface area contributed by atoms with Crippen LogP contribution in [0.4, 0.5) is 5.69 Å². The van der Waals surface area contributed by atoms with E-state index in [9.17, 15) is 0 Å². The summed E-state index contributed by atoms with van der Waals surface area (Å²) in [5.74, 6) is 0. The quantitative estimate of drug-likeness (QED) is 0.789. The second kappa shape index (κ2) is 5.39. The lowest BCUT2D eigenvalue weighted by Gasteiger charge is -2.06. The van der Waals surface area contributed by atoms with Crippen LogP contribution in [0, 0.1) is 10.5 Å². The summed E-state index contributed by atoms with van der Waals surface area (Å²) in [6.45, 7) is 2.83. The molecule has 0 aliphatic carbocycles. The fourth-order valence-corrected chi connectivity index (χ4v) is 2.39. The summed E-state index contributed by atoms with van der Waals surface area (Å²) < 4.78 is 4.18. The molecule has 2 aromatic rings. The number of aryl methyl sites for hydroxylation is 2. The third-order valence-corrected chi connectivity index (χ3v) is 4.84. The minimum Gasteiger partial charge on any atom is -0.381 e. The second-order valence-corrected chi connectivity index (χ2v) is 5.91. The van der Waals surface area contributed by atoms with Gasteiger partial charge in [-0.2, -0.15) is 5.10 Å². The largest absolute Gasteiger partial charge is 0.381 e. The molecule has 5 heteroatoms. The van der Waals surface area contributed by atoms with Gasteiger partial charge < -0.3 is 5.32 Å². The molecule has 17 heavy (non-hydrogen) atoms. The highest BCUT2D eigenvalue weighted by Gasteiger charge is 2.03. The van der Waals surface area contributed by atoms with Gasteiger partial charge in [0.25, 0.3) is 0 Å². The van der Waals surface area contributed by atoms with E-state index in [0.29, 0.717) is 0 Å². The number of nitrogens with one attached hydrogen (secondary N) is 1. The van der Waals surface area contributed by atoms with Gasteiger partial charge in [-0.05, 0) is 63.6 Å². The lowest BCUT2D eigenvalue weighted by atomic mass is 10.2. The molecule has 0 spiro atoms. The fourth-order valence-electron chi connectivity index (χ4n) is 1.63. The Labute approximate surface area is 123 Å². The molecule has 90 valence electrons. The van der Waals surface area contributed by atoms with E-state index in [1.165, 1.54) is 9.13 Å². The summed E-state index contributed by atoms with van der Waals surface area (Å²) in [4.78, 5) is 0. The molecule has 1 heterocycles. The zero-order chi connectivity index (χ0) is 12.4. The van der Waals surface area contributed by atoms with Crippen LogP contribution in [0.3, 0.4) is 0 Å². The van der Waals surface area contributed by atoms with Crippen molar-refractivity contribution in [3.05, 3.63) is 43.7 Å². The monoisotopic (exact) mass is 405 g/mol. The Hall–Kier alpha value is -0.560. The van der Waals surface area contributed by atoms with E-state index in [2.05, 4.69) is 67.1 Å². The Morgan fingerprint density at radius 1 is 1.47 bits per heavy atom. The van der Waals surface area contributed by atoms with E-state index in [0.717, 1.165) is 22.4 Å². The first-order valence-electron chi connectivity index (χ1n) is 5.24. The number of hydrogen-bond donors (Lipinski definition) is 1. The van der Waals surface area contributed by atoms with Gasteiger partial charge in [0.2, 0.25) is 0 Å². The van der Waals surface area contributed by atoms with E-state index < -0.39 is 0 Å². The molecular formula is C12H13BrIN3. The van der Waals surface area contributed by atoms with Crippen molar-refractivity contribution >= 4 is 44.2 Å². The minimum atomic E-state index is 0.803. The van der Waals surface area contributed by atoms with Gasteiger partial charge in [-0.15, -0.1) is 0 Å². The molecule has 0 atom stereocenters. The Morgan fingerprint density at radius 2 is 2.24 bits per heavy atom. The first-order chi connectivity index (χ1) is 8.06. The molecule has 0 saturated heterocycles. The van der Waals surface area contributed by atoms with Crippen LogP contribution in [0.5, 0.6) is 0 Å². The van der Waals surface area contributed by atoms with Crippen molar-refractivity contribution in [2.75, 3.05) is 5.32 Å². The molecule has 2 rings (SSSR count). The summed E-state index contributed by atoms with van der Waals surface area (Å²) in [6, 6.07) is 6.24. The zero-order valence-electron chi connectivity index (χ0n) is 9.67. The number of benzene rings is 1. The van der Waals surface area contributed by atoms with Crippen molar-refractivity contribution in [1.82, 2.24) is 9.78 Å². The highest BCUT2D eigenvalue weighted by atomic mass is 127. The number of nitrogens with zero attached hydrogens (tertiary/aromatic N) is 2. The van der Waals surface area contributed by atoms with Crippen LogP contribution in [0.25, 0.3) is 0 Å². The molecule has 1 aromatic heterocycles. The van der Waals surface area contributed by atoms with Crippen molar-refractivity contribution in [3.8, 4) is 0 Å². The molecule has 1 N–H and O–H groups in total. The average molecular weight is 406 g/mol. The molecule has 0 unspecified atom stereocenters. The maximum atomic E-state index is 4.32. The third kappa shape index (κ3) is 3.22. The molecule has 0 aliphatic rings. The van der Waals surface area contributed by atoms with Crippen LogP contribution < -0.4 is 5.32 Å². The highest BCUT2D eigenvalue weighted by molar-refractivity contribution is 14.1. The number of rotatable bonds is 3. The van der Waals surface area contributed by atoms with Crippen LogP contribution in [0.15, 0.2) is 28.9 Å². The van der Waals surface area contributed by atoms with Gasteiger partial charge in [0.05, 0.1) is 5.69 Å². The van der Waals surface area contributed by atoms with Gasteiger partial charge in [0.15, 0.2) is 0 Å². The Kier molecular flexibility index (Phi) is 4.09. The topological polar surface area (TPSA) is 29.9 Å². The van der Waals surface area contributed by atoms with Crippen molar-refractivity contribution < 1.29 is 0 Å². The van der Waals surface area contributed by atoms with Gasteiger partial charge in [-0.1, -0.05) is 0 Å². The van der Waals surface area contributed by atoms with Crippen molar-refractivity contribution in [2.45, 2.75) is 13.5 Å². The number of aromatic nitrogens is 2. The Bertz CT molecular complexity index is 537. The van der Waals surface area contributed by atoms with Gasteiger partial charge in [0, 0.05) is 39.1 Å². The maximum absolute atomic E-state index is 4.32. The van der Waals surface area contributed by atoms with Crippen LogP contribution >= 0.6 is 38.5 Å². The molecule has 0 saturated carbocycles. The van der Waals surface area contributed by atoms with Crippen LogP contribution in [-0.4, -0.2) is 9.78 Å². The Morgan fingerprint density at radius 3 is 2.82 bits per heavy atom. The van der Waals surface area contributed by atoms with Crippen molar-refractivity contribution in [1.29, 1.82) is 0 Å². The highest BCUT2D eigenvalue weighted by Crippen LogP contribution is 2.23. The normalized spacial score (nSPS) is 10.6.